The van der Waals surface area contributed by atoms with Crippen LogP contribution in [0.2, 0.25) is 0 Å². The second kappa shape index (κ2) is 6.26. The molecule has 24 heavy (non-hydrogen) atoms. The Morgan fingerprint density at radius 3 is 3.00 bits per heavy atom. The van der Waals surface area contributed by atoms with E-state index >= 15 is 0 Å². The number of fused-ring (bicyclic) bond motifs is 2. The van der Waals surface area contributed by atoms with Crippen LogP contribution in [0.3, 0.4) is 0 Å². The highest BCUT2D eigenvalue weighted by molar-refractivity contribution is 7.08. The lowest BCUT2D eigenvalue weighted by Gasteiger charge is -2.44. The monoisotopic (exact) mass is 343 g/mol. The molecule has 2 aromatic rings. The summed E-state index contributed by atoms with van der Waals surface area (Å²) >= 11 is 1.63. The van der Waals surface area contributed by atoms with Crippen LogP contribution in [0.15, 0.2) is 23.0 Å². The lowest BCUT2D eigenvalue weighted by Crippen LogP contribution is -2.49. The summed E-state index contributed by atoms with van der Waals surface area (Å²) in [7, 11) is 0. The average Bonchev–Trinajstić information content (AvgIpc) is 3.09. The third-order valence-electron chi connectivity index (χ3n) is 5.03. The van der Waals surface area contributed by atoms with Gasteiger partial charge in [-0.05, 0) is 54.1 Å². The van der Waals surface area contributed by atoms with Crippen LogP contribution in [-0.4, -0.2) is 40.5 Å². The highest BCUT2D eigenvalue weighted by Crippen LogP contribution is 2.40. The quantitative estimate of drug-likeness (QED) is 0.841. The summed E-state index contributed by atoms with van der Waals surface area (Å²) in [4.78, 5) is 23.5. The van der Waals surface area contributed by atoms with E-state index in [9.17, 15) is 4.79 Å². The normalized spacial score (nSPS) is 19.3. The van der Waals surface area contributed by atoms with Crippen LogP contribution >= 0.6 is 11.3 Å². The van der Waals surface area contributed by atoms with Crippen LogP contribution in [0.25, 0.3) is 0 Å². The molecule has 2 aromatic heterocycles. The molecular weight excluding hydrogens is 322 g/mol. The Labute approximate surface area is 145 Å². The standard InChI is InChI=1S/C18H21N3O2S/c1-13-19-11-15-2-8-23-18(17(15)20-13)4-6-21(7-5-18)16(22)10-14-3-9-24-12-14/h3,9,11-12H,2,4-8,10H2,1H3. The topological polar surface area (TPSA) is 55.3 Å². The van der Waals surface area contributed by atoms with Crippen molar-refractivity contribution < 1.29 is 9.53 Å². The number of hydrogen-bond donors (Lipinski definition) is 0. The fraction of sp³-hybridized carbons (Fsp3) is 0.500. The number of rotatable bonds is 2. The molecule has 126 valence electrons. The van der Waals surface area contributed by atoms with E-state index in [1.54, 1.807) is 11.3 Å². The van der Waals surface area contributed by atoms with Crippen molar-refractivity contribution in [2.75, 3.05) is 19.7 Å². The number of piperidine rings is 1. The molecule has 0 aliphatic carbocycles. The summed E-state index contributed by atoms with van der Waals surface area (Å²) < 4.78 is 6.20. The molecule has 2 aliphatic rings. The summed E-state index contributed by atoms with van der Waals surface area (Å²) in [5.74, 6) is 0.993. The second-order valence-corrected chi connectivity index (χ2v) is 7.35. The smallest absolute Gasteiger partial charge is 0.227 e. The van der Waals surface area contributed by atoms with E-state index in [1.165, 1.54) is 5.56 Å². The van der Waals surface area contributed by atoms with Crippen molar-refractivity contribution in [3.05, 3.63) is 45.7 Å². The van der Waals surface area contributed by atoms with E-state index in [2.05, 4.69) is 9.97 Å². The Balaban J connectivity index is 1.48. The fourth-order valence-corrected chi connectivity index (χ4v) is 4.34. The Bertz CT molecular complexity index is 737. The molecule has 0 atom stereocenters. The molecule has 1 saturated heterocycles. The molecule has 0 saturated carbocycles. The largest absolute Gasteiger partial charge is 0.368 e. The Kier molecular flexibility index (Phi) is 4.10. The van der Waals surface area contributed by atoms with Crippen molar-refractivity contribution in [1.29, 1.82) is 0 Å². The molecule has 1 spiro atoms. The van der Waals surface area contributed by atoms with Gasteiger partial charge in [-0.25, -0.2) is 9.97 Å². The van der Waals surface area contributed by atoms with Crippen LogP contribution < -0.4 is 0 Å². The molecule has 0 radical (unpaired) electrons. The van der Waals surface area contributed by atoms with E-state index in [-0.39, 0.29) is 11.5 Å². The molecular formula is C18H21N3O2S. The van der Waals surface area contributed by atoms with Gasteiger partial charge >= 0.3 is 0 Å². The number of carbonyl (C=O) groups excluding carboxylic acids is 1. The van der Waals surface area contributed by atoms with Crippen LogP contribution in [0, 0.1) is 6.92 Å². The van der Waals surface area contributed by atoms with Crippen LogP contribution in [0.1, 0.15) is 35.5 Å². The fourth-order valence-electron chi connectivity index (χ4n) is 3.68. The van der Waals surface area contributed by atoms with Crippen molar-refractivity contribution in [3.63, 3.8) is 0 Å². The first-order chi connectivity index (χ1) is 11.7. The molecule has 0 bridgehead atoms. The lowest BCUT2D eigenvalue weighted by molar-refractivity contribution is -0.140. The molecule has 4 heterocycles. The van der Waals surface area contributed by atoms with Gasteiger partial charge in [0.15, 0.2) is 0 Å². The van der Waals surface area contributed by atoms with Gasteiger partial charge in [0.05, 0.1) is 18.7 Å². The van der Waals surface area contributed by atoms with Crippen molar-refractivity contribution in [2.24, 2.45) is 0 Å². The first kappa shape index (κ1) is 15.7. The minimum absolute atomic E-state index is 0.207. The molecule has 4 rings (SSSR count). The summed E-state index contributed by atoms with van der Waals surface area (Å²) in [5.41, 5.74) is 3.02. The van der Waals surface area contributed by atoms with Crippen molar-refractivity contribution in [2.45, 2.75) is 38.2 Å². The van der Waals surface area contributed by atoms with Crippen LogP contribution in [0.4, 0.5) is 0 Å². The second-order valence-electron chi connectivity index (χ2n) is 6.57. The number of carbonyl (C=O) groups is 1. The van der Waals surface area contributed by atoms with Gasteiger partial charge in [-0.15, -0.1) is 0 Å². The maximum Gasteiger partial charge on any atom is 0.227 e. The summed E-state index contributed by atoms with van der Waals surface area (Å²) in [5, 5.41) is 4.06. The van der Waals surface area contributed by atoms with Gasteiger partial charge in [-0.1, -0.05) is 0 Å². The van der Waals surface area contributed by atoms with Crippen LogP contribution in [-0.2, 0) is 28.0 Å². The number of nitrogens with zero attached hydrogens (tertiary/aromatic N) is 3. The van der Waals surface area contributed by atoms with Gasteiger partial charge in [0, 0.05) is 19.3 Å². The minimum atomic E-state index is -0.333. The zero-order chi connectivity index (χ0) is 16.6. The van der Waals surface area contributed by atoms with Gasteiger partial charge < -0.3 is 9.64 Å². The molecule has 0 aromatic carbocycles. The number of thiophene rings is 1. The average molecular weight is 343 g/mol. The van der Waals surface area contributed by atoms with Crippen LogP contribution in [0.5, 0.6) is 0 Å². The maximum absolute atomic E-state index is 12.5. The Morgan fingerprint density at radius 2 is 2.25 bits per heavy atom. The number of likely N-dealkylation sites (tertiary alicyclic amines) is 1. The molecule has 0 unspecified atom stereocenters. The van der Waals surface area contributed by atoms with Crippen molar-refractivity contribution in [3.8, 4) is 0 Å². The summed E-state index contributed by atoms with van der Waals surface area (Å²) in [6.07, 6.45) is 4.93. The van der Waals surface area contributed by atoms with E-state index in [0.717, 1.165) is 49.4 Å². The number of aryl methyl sites for hydroxylation is 1. The first-order valence-electron chi connectivity index (χ1n) is 8.42. The van der Waals surface area contributed by atoms with Gasteiger partial charge in [0.25, 0.3) is 0 Å². The predicted molar refractivity (Wildman–Crippen MR) is 91.9 cm³/mol. The lowest BCUT2D eigenvalue weighted by atomic mass is 9.83. The first-order valence-corrected chi connectivity index (χ1v) is 9.36. The number of ether oxygens (including phenoxy) is 1. The Hall–Kier alpha value is -1.79. The number of aromatic nitrogens is 2. The van der Waals surface area contributed by atoms with E-state index < -0.39 is 0 Å². The third kappa shape index (κ3) is 2.84. The van der Waals surface area contributed by atoms with E-state index in [0.29, 0.717) is 13.0 Å². The Morgan fingerprint density at radius 1 is 1.42 bits per heavy atom. The van der Waals surface area contributed by atoms with E-state index in [4.69, 9.17) is 4.74 Å². The van der Waals surface area contributed by atoms with Gasteiger partial charge in [-0.3, -0.25) is 4.79 Å². The molecule has 6 heteroatoms. The minimum Gasteiger partial charge on any atom is -0.368 e. The zero-order valence-electron chi connectivity index (χ0n) is 13.8. The number of hydrogen-bond acceptors (Lipinski definition) is 5. The molecule has 0 N–H and O–H groups in total. The number of amides is 1. The molecule has 1 fully saturated rings. The molecule has 1 amide bonds. The molecule has 2 aliphatic heterocycles. The van der Waals surface area contributed by atoms with Gasteiger partial charge in [0.1, 0.15) is 11.4 Å². The molecule has 5 nitrogen and oxygen atoms in total. The van der Waals surface area contributed by atoms with Gasteiger partial charge in [-0.2, -0.15) is 11.3 Å². The predicted octanol–water partition coefficient (Wildman–Crippen LogP) is 2.48. The van der Waals surface area contributed by atoms with Crippen molar-refractivity contribution in [1.82, 2.24) is 14.9 Å². The van der Waals surface area contributed by atoms with E-state index in [1.807, 2.05) is 34.8 Å². The highest BCUT2D eigenvalue weighted by atomic mass is 32.1. The summed E-state index contributed by atoms with van der Waals surface area (Å²) in [6, 6.07) is 2.02. The SMILES string of the molecule is Cc1ncc2c(n1)C1(CCN(C(=O)Cc3ccsc3)CC1)OCC2. The highest BCUT2D eigenvalue weighted by Gasteiger charge is 2.43. The third-order valence-corrected chi connectivity index (χ3v) is 5.76. The zero-order valence-corrected chi connectivity index (χ0v) is 14.6. The van der Waals surface area contributed by atoms with Gasteiger partial charge in [0.2, 0.25) is 5.91 Å². The van der Waals surface area contributed by atoms with Crippen molar-refractivity contribution >= 4 is 17.2 Å². The maximum atomic E-state index is 12.5. The summed E-state index contributed by atoms with van der Waals surface area (Å²) in [6.45, 7) is 4.08.